The lowest BCUT2D eigenvalue weighted by molar-refractivity contribution is -0.120. The highest BCUT2D eigenvalue weighted by molar-refractivity contribution is 5.82. The van der Waals surface area contributed by atoms with Crippen LogP contribution in [-0.2, 0) is 4.79 Å². The third-order valence-corrected chi connectivity index (χ3v) is 2.71. The van der Waals surface area contributed by atoms with E-state index < -0.39 is 0 Å². The summed E-state index contributed by atoms with van der Waals surface area (Å²) in [4.78, 5) is 17.6. The highest BCUT2D eigenvalue weighted by Gasteiger charge is 2.16. The van der Waals surface area contributed by atoms with Gasteiger partial charge in [-0.3, -0.25) is 9.78 Å². The van der Waals surface area contributed by atoms with E-state index in [1.54, 1.807) is 6.20 Å². The van der Waals surface area contributed by atoms with Gasteiger partial charge in [-0.25, -0.2) is 0 Å². The number of aromatic nitrogens is 1. The second-order valence-electron chi connectivity index (χ2n) is 4.13. The highest BCUT2D eigenvalue weighted by Crippen LogP contribution is 2.18. The van der Waals surface area contributed by atoms with E-state index >= 15 is 0 Å². The largest absolute Gasteiger partial charge is 0.384 e. The normalized spacial score (nSPS) is 15.6. The molecule has 17 heavy (non-hydrogen) atoms. The molecule has 5 nitrogen and oxygen atoms in total. The predicted octanol–water partition coefficient (Wildman–Crippen LogP) is 0.840. The number of amides is 1. The van der Waals surface area contributed by atoms with Crippen LogP contribution in [0.2, 0.25) is 0 Å². The monoisotopic (exact) mass is 234 g/mol. The van der Waals surface area contributed by atoms with Crippen LogP contribution in [0.5, 0.6) is 0 Å². The fourth-order valence-corrected chi connectivity index (χ4v) is 1.83. The summed E-state index contributed by atoms with van der Waals surface area (Å²) in [6.45, 7) is 5.01. The zero-order valence-corrected chi connectivity index (χ0v) is 10.1. The van der Waals surface area contributed by atoms with Gasteiger partial charge in [0.15, 0.2) is 0 Å². The fraction of sp³-hybridized carbons (Fsp3) is 0.500. The van der Waals surface area contributed by atoms with E-state index in [0.717, 1.165) is 30.9 Å². The highest BCUT2D eigenvalue weighted by atomic mass is 16.2. The average molecular weight is 234 g/mol. The van der Waals surface area contributed by atoms with Crippen molar-refractivity contribution in [3.05, 3.63) is 18.5 Å². The first-order valence-corrected chi connectivity index (χ1v) is 6.00. The van der Waals surface area contributed by atoms with Crippen molar-refractivity contribution in [1.82, 2.24) is 10.3 Å². The Morgan fingerprint density at radius 3 is 3.18 bits per heavy atom. The molecule has 1 aromatic rings. The summed E-state index contributed by atoms with van der Waals surface area (Å²) in [5, 5.41) is 6.11. The number of hydrogen-bond donors (Lipinski definition) is 2. The lowest BCUT2D eigenvalue weighted by Crippen LogP contribution is -2.47. The Balaban J connectivity index is 2.06. The van der Waals surface area contributed by atoms with Crippen LogP contribution in [0, 0.1) is 0 Å². The van der Waals surface area contributed by atoms with Crippen molar-refractivity contribution in [2.75, 3.05) is 36.4 Å². The molecule has 1 fully saturated rings. The molecule has 1 saturated heterocycles. The Bertz CT molecular complexity index is 394. The maximum atomic E-state index is 11.3. The number of nitrogens with one attached hydrogen (secondary N) is 2. The Hall–Kier alpha value is -1.78. The number of carbonyl (C=O) groups excluding carboxylic acids is 1. The summed E-state index contributed by atoms with van der Waals surface area (Å²) in [6, 6.07) is 2.04. The maximum Gasteiger partial charge on any atom is 0.239 e. The first-order chi connectivity index (χ1) is 8.29. The van der Waals surface area contributed by atoms with Gasteiger partial charge in [0.25, 0.3) is 0 Å². The van der Waals surface area contributed by atoms with Crippen molar-refractivity contribution in [2.24, 2.45) is 0 Å². The van der Waals surface area contributed by atoms with E-state index in [-0.39, 0.29) is 5.91 Å². The molecule has 0 radical (unpaired) electrons. The first kappa shape index (κ1) is 11.7. The summed E-state index contributed by atoms with van der Waals surface area (Å²) in [5.41, 5.74) is 2.01. The molecule has 5 heteroatoms. The minimum atomic E-state index is 0.0724. The summed E-state index contributed by atoms with van der Waals surface area (Å²) in [6.07, 6.45) is 4.69. The van der Waals surface area contributed by atoms with E-state index in [1.165, 1.54) is 0 Å². The second kappa shape index (κ2) is 5.52. The zero-order valence-electron chi connectivity index (χ0n) is 10.1. The molecule has 0 spiro atoms. The van der Waals surface area contributed by atoms with Crippen molar-refractivity contribution >= 4 is 17.3 Å². The average Bonchev–Trinajstić information content (AvgIpc) is 2.37. The van der Waals surface area contributed by atoms with Gasteiger partial charge in [0.2, 0.25) is 5.91 Å². The van der Waals surface area contributed by atoms with E-state index in [0.29, 0.717) is 13.1 Å². The van der Waals surface area contributed by atoms with Crippen LogP contribution in [0.15, 0.2) is 18.5 Å². The van der Waals surface area contributed by atoms with E-state index in [4.69, 9.17) is 0 Å². The molecule has 0 atom stereocenters. The van der Waals surface area contributed by atoms with E-state index in [9.17, 15) is 4.79 Å². The van der Waals surface area contributed by atoms with Crippen molar-refractivity contribution in [1.29, 1.82) is 0 Å². The topological polar surface area (TPSA) is 57.3 Å². The quantitative estimate of drug-likeness (QED) is 0.810. The minimum absolute atomic E-state index is 0.0724. The van der Waals surface area contributed by atoms with Crippen LogP contribution in [-0.4, -0.2) is 37.1 Å². The molecular formula is C12H18N4O. The maximum absolute atomic E-state index is 11.3. The number of piperazine rings is 1. The van der Waals surface area contributed by atoms with Crippen molar-refractivity contribution in [3.63, 3.8) is 0 Å². The number of hydrogen-bond acceptors (Lipinski definition) is 4. The minimum Gasteiger partial charge on any atom is -0.384 e. The Labute approximate surface area is 101 Å². The number of nitrogens with zero attached hydrogens (tertiary/aromatic N) is 2. The summed E-state index contributed by atoms with van der Waals surface area (Å²) < 4.78 is 0. The summed E-state index contributed by atoms with van der Waals surface area (Å²) in [5.74, 6) is 0.0724. The molecule has 1 aromatic heterocycles. The standard InChI is InChI=1S/C12H18N4O/c1-2-3-14-10-6-11(8-13-7-10)16-5-4-15-12(17)9-16/h6-8,14H,2-5,9H2,1H3,(H,15,17). The number of pyridine rings is 1. The number of rotatable bonds is 4. The van der Waals surface area contributed by atoms with Crippen molar-refractivity contribution < 1.29 is 4.79 Å². The Morgan fingerprint density at radius 1 is 1.53 bits per heavy atom. The van der Waals surface area contributed by atoms with Crippen LogP contribution in [0.3, 0.4) is 0 Å². The van der Waals surface area contributed by atoms with Gasteiger partial charge in [-0.05, 0) is 12.5 Å². The summed E-state index contributed by atoms with van der Waals surface area (Å²) in [7, 11) is 0. The van der Waals surface area contributed by atoms with Gasteiger partial charge in [0.1, 0.15) is 0 Å². The van der Waals surface area contributed by atoms with Crippen molar-refractivity contribution in [3.8, 4) is 0 Å². The van der Waals surface area contributed by atoms with Gasteiger partial charge in [0.05, 0.1) is 30.3 Å². The molecule has 1 aliphatic rings. The predicted molar refractivity (Wildman–Crippen MR) is 68.2 cm³/mol. The first-order valence-electron chi connectivity index (χ1n) is 6.00. The molecular weight excluding hydrogens is 216 g/mol. The molecule has 0 saturated carbocycles. The van der Waals surface area contributed by atoms with Gasteiger partial charge in [-0.2, -0.15) is 0 Å². The Morgan fingerprint density at radius 2 is 2.41 bits per heavy atom. The molecule has 1 aliphatic heterocycles. The molecule has 2 heterocycles. The fourth-order valence-electron chi connectivity index (χ4n) is 1.83. The number of anilines is 2. The van der Waals surface area contributed by atoms with Crippen LogP contribution >= 0.6 is 0 Å². The van der Waals surface area contributed by atoms with Crippen molar-refractivity contribution in [2.45, 2.75) is 13.3 Å². The van der Waals surface area contributed by atoms with Gasteiger partial charge >= 0.3 is 0 Å². The lowest BCUT2D eigenvalue weighted by Gasteiger charge is -2.28. The van der Waals surface area contributed by atoms with E-state index in [1.807, 2.05) is 17.2 Å². The smallest absolute Gasteiger partial charge is 0.239 e. The molecule has 1 amide bonds. The van der Waals surface area contributed by atoms with Crippen LogP contribution in [0.1, 0.15) is 13.3 Å². The molecule has 92 valence electrons. The Kier molecular flexibility index (Phi) is 3.80. The third kappa shape index (κ3) is 3.09. The molecule has 2 rings (SSSR count). The molecule has 0 aromatic carbocycles. The van der Waals surface area contributed by atoms with Gasteiger partial charge in [-0.15, -0.1) is 0 Å². The van der Waals surface area contributed by atoms with Gasteiger partial charge < -0.3 is 15.5 Å². The lowest BCUT2D eigenvalue weighted by atomic mass is 10.3. The number of carbonyl (C=O) groups is 1. The van der Waals surface area contributed by atoms with E-state index in [2.05, 4.69) is 22.5 Å². The SMILES string of the molecule is CCCNc1cncc(N2CCNC(=O)C2)c1. The van der Waals surface area contributed by atoms with Crippen LogP contribution in [0.25, 0.3) is 0 Å². The summed E-state index contributed by atoms with van der Waals surface area (Å²) >= 11 is 0. The molecule has 0 bridgehead atoms. The molecule has 2 N–H and O–H groups in total. The van der Waals surface area contributed by atoms with Crippen LogP contribution < -0.4 is 15.5 Å². The zero-order chi connectivity index (χ0) is 12.1. The third-order valence-electron chi connectivity index (χ3n) is 2.71. The molecule has 0 aliphatic carbocycles. The molecule has 0 unspecified atom stereocenters. The van der Waals surface area contributed by atoms with Crippen LogP contribution in [0.4, 0.5) is 11.4 Å². The van der Waals surface area contributed by atoms with Gasteiger partial charge in [0, 0.05) is 19.6 Å². The van der Waals surface area contributed by atoms with Gasteiger partial charge in [-0.1, -0.05) is 6.92 Å². The second-order valence-corrected chi connectivity index (χ2v) is 4.13.